The van der Waals surface area contributed by atoms with Gasteiger partial charge in [0.25, 0.3) is 0 Å². The van der Waals surface area contributed by atoms with Crippen molar-refractivity contribution in [1.29, 1.82) is 0 Å². The molecule has 0 aliphatic heterocycles. The van der Waals surface area contributed by atoms with E-state index in [9.17, 15) is 4.79 Å². The third kappa shape index (κ3) is 1.19. The summed E-state index contributed by atoms with van der Waals surface area (Å²) in [5.41, 5.74) is -0.324. The molecule has 1 N–H and O–H groups in total. The maximum Gasteiger partial charge on any atom is 0.326 e. The van der Waals surface area contributed by atoms with Gasteiger partial charge in [0.2, 0.25) is 0 Å². The van der Waals surface area contributed by atoms with Gasteiger partial charge >= 0.3 is 5.97 Å². The molecule has 0 bridgehead atoms. The van der Waals surface area contributed by atoms with Crippen LogP contribution < -0.4 is 3.53 Å². The van der Waals surface area contributed by atoms with E-state index in [2.05, 4.69) is 8.27 Å². The Bertz CT molecular complexity index is 133. The Labute approximate surface area is 67.6 Å². The fourth-order valence-corrected chi connectivity index (χ4v) is 1.42. The summed E-state index contributed by atoms with van der Waals surface area (Å²) in [5.74, 6) is -0.142. The van der Waals surface area contributed by atoms with Gasteiger partial charge in [-0.05, 0) is 12.8 Å². The number of esters is 1. The normalized spacial score (nSPS) is 21.1. The Kier molecular flexibility index (Phi) is 1.95. The number of halogens is 1. The molecule has 0 aromatic carbocycles. The van der Waals surface area contributed by atoms with Gasteiger partial charge in [0.05, 0.1) is 7.11 Å². The van der Waals surface area contributed by atoms with Gasteiger partial charge in [0, 0.05) is 22.9 Å². The van der Waals surface area contributed by atoms with Crippen LogP contribution in [-0.4, -0.2) is 18.6 Å². The second-order valence-electron chi connectivity index (χ2n) is 2.17. The van der Waals surface area contributed by atoms with Crippen molar-refractivity contribution in [1.82, 2.24) is 3.53 Å². The zero-order valence-corrected chi connectivity index (χ0v) is 7.27. The Hall–Kier alpha value is 0.160. The predicted octanol–water partition coefficient (Wildman–Crippen LogP) is 0.632. The van der Waals surface area contributed by atoms with Crippen LogP contribution in [0.4, 0.5) is 0 Å². The largest absolute Gasteiger partial charge is 0.468 e. The summed E-state index contributed by atoms with van der Waals surface area (Å²) in [7, 11) is 1.41. The number of hydrogen-bond acceptors (Lipinski definition) is 3. The summed E-state index contributed by atoms with van der Waals surface area (Å²) in [6, 6.07) is 0. The van der Waals surface area contributed by atoms with Crippen LogP contribution in [0.3, 0.4) is 0 Å². The van der Waals surface area contributed by atoms with Crippen molar-refractivity contribution in [2.24, 2.45) is 0 Å². The minimum absolute atomic E-state index is 0.142. The third-order valence-corrected chi connectivity index (χ3v) is 2.54. The van der Waals surface area contributed by atoms with E-state index in [0.717, 1.165) is 12.8 Å². The molecule has 4 heteroatoms. The lowest BCUT2D eigenvalue weighted by atomic mass is 10.3. The average Bonchev–Trinajstić information content (AvgIpc) is 2.66. The van der Waals surface area contributed by atoms with Gasteiger partial charge in [-0.15, -0.1) is 0 Å². The summed E-state index contributed by atoms with van der Waals surface area (Å²) in [6.45, 7) is 0. The minimum atomic E-state index is -0.324. The molecule has 1 rings (SSSR count). The van der Waals surface area contributed by atoms with Crippen LogP contribution in [0, 0.1) is 0 Å². The first kappa shape index (κ1) is 7.27. The minimum Gasteiger partial charge on any atom is -0.468 e. The number of methoxy groups -OCH3 is 1. The fourth-order valence-electron chi connectivity index (χ4n) is 0.658. The van der Waals surface area contributed by atoms with Crippen LogP contribution in [0.15, 0.2) is 0 Å². The highest BCUT2D eigenvalue weighted by Crippen LogP contribution is 2.37. The Balaban J connectivity index is 2.49. The highest BCUT2D eigenvalue weighted by Gasteiger charge is 2.50. The van der Waals surface area contributed by atoms with Gasteiger partial charge < -0.3 is 4.74 Å². The highest BCUT2D eigenvalue weighted by atomic mass is 127. The van der Waals surface area contributed by atoms with E-state index in [1.54, 1.807) is 0 Å². The monoisotopic (exact) mass is 241 g/mol. The van der Waals surface area contributed by atoms with Crippen LogP contribution in [0.25, 0.3) is 0 Å². The molecule has 1 saturated carbocycles. The van der Waals surface area contributed by atoms with E-state index in [1.807, 2.05) is 22.9 Å². The third-order valence-electron chi connectivity index (χ3n) is 1.51. The number of hydrogen-bond donors (Lipinski definition) is 1. The van der Waals surface area contributed by atoms with Gasteiger partial charge in [-0.2, -0.15) is 0 Å². The maximum atomic E-state index is 10.8. The number of carbonyl (C=O) groups is 1. The molecule has 0 heterocycles. The van der Waals surface area contributed by atoms with E-state index >= 15 is 0 Å². The highest BCUT2D eigenvalue weighted by molar-refractivity contribution is 14.1. The van der Waals surface area contributed by atoms with Crippen molar-refractivity contribution in [2.45, 2.75) is 18.4 Å². The fraction of sp³-hybridized carbons (Fsp3) is 0.800. The number of carbonyl (C=O) groups excluding carboxylic acids is 1. The van der Waals surface area contributed by atoms with Gasteiger partial charge in [-0.1, -0.05) is 0 Å². The zero-order valence-electron chi connectivity index (χ0n) is 5.11. The van der Waals surface area contributed by atoms with Crippen LogP contribution in [-0.2, 0) is 9.53 Å². The molecule has 9 heavy (non-hydrogen) atoms. The molecule has 0 spiro atoms. The lowest BCUT2D eigenvalue weighted by Crippen LogP contribution is -2.33. The van der Waals surface area contributed by atoms with Crippen molar-refractivity contribution in [2.75, 3.05) is 7.11 Å². The molecule has 0 aromatic heterocycles. The summed E-state index contributed by atoms with van der Waals surface area (Å²) in [6.07, 6.45) is 1.81. The lowest BCUT2D eigenvalue weighted by molar-refractivity contribution is -0.143. The first-order valence-electron chi connectivity index (χ1n) is 2.71. The van der Waals surface area contributed by atoms with Gasteiger partial charge in [-0.3, -0.25) is 4.79 Å². The zero-order chi connectivity index (χ0) is 6.91. The first-order valence-corrected chi connectivity index (χ1v) is 3.79. The molecule has 52 valence electrons. The number of rotatable bonds is 2. The van der Waals surface area contributed by atoms with Crippen molar-refractivity contribution < 1.29 is 9.53 Å². The van der Waals surface area contributed by atoms with E-state index in [1.165, 1.54) is 7.11 Å². The van der Waals surface area contributed by atoms with Crippen molar-refractivity contribution in [3.63, 3.8) is 0 Å². The molecule has 1 aliphatic rings. The number of ether oxygens (including phenoxy) is 1. The van der Waals surface area contributed by atoms with Crippen LogP contribution in [0.2, 0.25) is 0 Å². The second kappa shape index (κ2) is 2.42. The second-order valence-corrected chi connectivity index (χ2v) is 2.71. The van der Waals surface area contributed by atoms with Crippen molar-refractivity contribution >= 4 is 28.8 Å². The molecule has 0 saturated heterocycles. The van der Waals surface area contributed by atoms with Crippen LogP contribution in [0.5, 0.6) is 0 Å². The Morgan fingerprint density at radius 1 is 1.78 bits per heavy atom. The first-order chi connectivity index (χ1) is 4.25. The average molecular weight is 241 g/mol. The predicted molar refractivity (Wildman–Crippen MR) is 41.1 cm³/mol. The van der Waals surface area contributed by atoms with Gasteiger partial charge in [0.15, 0.2) is 0 Å². The van der Waals surface area contributed by atoms with Crippen LogP contribution in [0.1, 0.15) is 12.8 Å². The molecule has 0 amide bonds. The molecule has 0 aromatic rings. The molecular weight excluding hydrogens is 233 g/mol. The van der Waals surface area contributed by atoms with Crippen molar-refractivity contribution in [3.8, 4) is 0 Å². The molecule has 0 unspecified atom stereocenters. The van der Waals surface area contributed by atoms with E-state index < -0.39 is 0 Å². The topological polar surface area (TPSA) is 38.3 Å². The quantitative estimate of drug-likeness (QED) is 0.437. The molecular formula is C5H8INO2. The molecule has 1 fully saturated rings. The number of nitrogens with one attached hydrogen (secondary N) is 1. The van der Waals surface area contributed by atoms with Crippen molar-refractivity contribution in [3.05, 3.63) is 0 Å². The van der Waals surface area contributed by atoms with E-state index in [0.29, 0.717) is 0 Å². The van der Waals surface area contributed by atoms with E-state index in [-0.39, 0.29) is 11.5 Å². The van der Waals surface area contributed by atoms with Gasteiger partial charge in [0.1, 0.15) is 5.54 Å². The Morgan fingerprint density at radius 2 is 2.33 bits per heavy atom. The molecule has 0 radical (unpaired) electrons. The van der Waals surface area contributed by atoms with E-state index in [4.69, 9.17) is 0 Å². The summed E-state index contributed by atoms with van der Waals surface area (Å²) >= 11 is 1.98. The summed E-state index contributed by atoms with van der Waals surface area (Å²) < 4.78 is 7.46. The molecule has 1 aliphatic carbocycles. The summed E-state index contributed by atoms with van der Waals surface area (Å²) in [5, 5.41) is 0. The SMILES string of the molecule is COC(=O)C1(NI)CC1. The molecule has 0 atom stereocenters. The van der Waals surface area contributed by atoms with Crippen LogP contribution >= 0.6 is 22.9 Å². The maximum absolute atomic E-state index is 10.8. The van der Waals surface area contributed by atoms with Gasteiger partial charge in [-0.25, -0.2) is 3.53 Å². The lowest BCUT2D eigenvalue weighted by Gasteiger charge is -2.07. The Morgan fingerprint density at radius 3 is 2.44 bits per heavy atom. The summed E-state index contributed by atoms with van der Waals surface area (Å²) in [4.78, 5) is 10.8. The smallest absolute Gasteiger partial charge is 0.326 e. The standard InChI is InChI=1S/C5H8INO2/c1-9-4(8)5(7-6)2-3-5/h7H,2-3H2,1H3. The molecule has 3 nitrogen and oxygen atoms in total.